The zero-order chi connectivity index (χ0) is 51.4. The van der Waals surface area contributed by atoms with Crippen molar-refractivity contribution in [3.63, 3.8) is 0 Å². The zero-order valence-electron chi connectivity index (χ0n) is 47.0. The highest BCUT2D eigenvalue weighted by molar-refractivity contribution is 5.71. The largest absolute Gasteiger partial charge is 0.462 e. The van der Waals surface area contributed by atoms with E-state index in [0.717, 1.165) is 64.2 Å². The van der Waals surface area contributed by atoms with E-state index >= 15 is 0 Å². The lowest BCUT2D eigenvalue weighted by atomic mass is 10.1. The molecule has 0 aliphatic heterocycles. The molecule has 1 atom stereocenters. The third-order valence-corrected chi connectivity index (χ3v) is 13.2. The van der Waals surface area contributed by atoms with Gasteiger partial charge in [0.1, 0.15) is 13.2 Å². The van der Waals surface area contributed by atoms with Gasteiger partial charge >= 0.3 is 17.9 Å². The van der Waals surface area contributed by atoms with Crippen LogP contribution in [0.5, 0.6) is 0 Å². The third-order valence-electron chi connectivity index (χ3n) is 13.2. The van der Waals surface area contributed by atoms with Gasteiger partial charge in [-0.15, -0.1) is 0 Å². The Bertz CT molecular complexity index is 1320. The van der Waals surface area contributed by atoms with Crippen molar-refractivity contribution in [3.8, 4) is 0 Å². The van der Waals surface area contributed by atoms with Gasteiger partial charge in [0.05, 0.1) is 0 Å². The monoisotopic (exact) mass is 991 g/mol. The molecular weight excluding hydrogens is 877 g/mol. The Morgan fingerprint density at radius 2 is 0.521 bits per heavy atom. The molecule has 0 aliphatic carbocycles. The molecule has 0 saturated carbocycles. The number of hydrogen-bond donors (Lipinski definition) is 0. The fourth-order valence-electron chi connectivity index (χ4n) is 8.54. The van der Waals surface area contributed by atoms with Crippen LogP contribution in [0.15, 0.2) is 72.9 Å². The minimum atomic E-state index is -0.807. The van der Waals surface area contributed by atoms with E-state index in [-0.39, 0.29) is 37.5 Å². The molecular formula is C65H114O6. The standard InChI is InChI=1S/C65H114O6/c1-4-7-10-13-16-19-22-25-28-31-32-35-37-40-43-46-49-52-55-58-64(67)70-61-62(71-65(68)59-56-53-50-47-44-41-38-34-30-27-24-21-18-15-12-9-6-3)60-69-63(66)57-54-51-48-45-42-39-36-33-29-26-23-20-17-14-11-8-5-2/h18,21,25-30,38,41,47,50,62H,4-17,19-20,22-24,31-37,39-40,42-46,48-49,51-61H2,1-3H3/b21-18-,28-25-,29-26-,30-27-,41-38-,50-47-/t62-/m1/s1. The molecule has 6 heteroatoms. The van der Waals surface area contributed by atoms with Crippen LogP contribution in [0.2, 0.25) is 0 Å². The molecule has 6 nitrogen and oxygen atoms in total. The summed E-state index contributed by atoms with van der Waals surface area (Å²) in [6.07, 6.45) is 76.1. The summed E-state index contributed by atoms with van der Waals surface area (Å²) in [4.78, 5) is 38.2. The highest BCUT2D eigenvalue weighted by Crippen LogP contribution is 2.15. The smallest absolute Gasteiger partial charge is 0.306 e. The van der Waals surface area contributed by atoms with Gasteiger partial charge in [0, 0.05) is 19.3 Å². The summed E-state index contributed by atoms with van der Waals surface area (Å²) in [6.45, 7) is 6.58. The summed E-state index contributed by atoms with van der Waals surface area (Å²) in [6, 6.07) is 0. The summed E-state index contributed by atoms with van der Waals surface area (Å²) >= 11 is 0. The van der Waals surface area contributed by atoms with E-state index < -0.39 is 6.10 Å². The topological polar surface area (TPSA) is 78.9 Å². The van der Waals surface area contributed by atoms with Crippen molar-refractivity contribution in [2.24, 2.45) is 0 Å². The van der Waals surface area contributed by atoms with Gasteiger partial charge in [0.15, 0.2) is 6.10 Å². The van der Waals surface area contributed by atoms with Gasteiger partial charge in [-0.1, -0.05) is 248 Å². The molecule has 410 valence electrons. The lowest BCUT2D eigenvalue weighted by Crippen LogP contribution is -2.30. The molecule has 0 amide bonds. The molecule has 0 aromatic carbocycles. The maximum atomic E-state index is 12.9. The molecule has 0 heterocycles. The molecule has 0 aromatic rings. The van der Waals surface area contributed by atoms with Crippen LogP contribution in [0.25, 0.3) is 0 Å². The van der Waals surface area contributed by atoms with Crippen molar-refractivity contribution in [3.05, 3.63) is 72.9 Å². The number of unbranched alkanes of at least 4 members (excludes halogenated alkanes) is 32. The van der Waals surface area contributed by atoms with Crippen molar-refractivity contribution in [2.45, 2.75) is 309 Å². The minimum absolute atomic E-state index is 0.0984. The van der Waals surface area contributed by atoms with Gasteiger partial charge in [0.2, 0.25) is 0 Å². The van der Waals surface area contributed by atoms with E-state index in [1.807, 2.05) is 0 Å². The second kappa shape index (κ2) is 59.4. The summed E-state index contributed by atoms with van der Waals surface area (Å²) in [5, 5.41) is 0. The maximum absolute atomic E-state index is 12.9. The molecule has 0 rings (SSSR count). The van der Waals surface area contributed by atoms with Crippen molar-refractivity contribution < 1.29 is 28.6 Å². The van der Waals surface area contributed by atoms with Crippen LogP contribution in [-0.2, 0) is 28.6 Å². The van der Waals surface area contributed by atoms with Gasteiger partial charge in [-0.25, -0.2) is 0 Å². The van der Waals surface area contributed by atoms with Gasteiger partial charge in [-0.2, -0.15) is 0 Å². The second-order valence-electron chi connectivity index (χ2n) is 20.2. The number of carbonyl (C=O) groups excluding carboxylic acids is 3. The van der Waals surface area contributed by atoms with Crippen molar-refractivity contribution in [1.29, 1.82) is 0 Å². The van der Waals surface area contributed by atoms with E-state index in [0.29, 0.717) is 19.3 Å². The molecule has 0 spiro atoms. The normalized spacial score (nSPS) is 12.5. The first-order chi connectivity index (χ1) is 35.0. The van der Waals surface area contributed by atoms with Gasteiger partial charge in [-0.3, -0.25) is 14.4 Å². The second-order valence-corrected chi connectivity index (χ2v) is 20.2. The van der Waals surface area contributed by atoms with Crippen molar-refractivity contribution in [1.82, 2.24) is 0 Å². The molecule has 0 aliphatic rings. The predicted molar refractivity (Wildman–Crippen MR) is 307 cm³/mol. The summed E-state index contributed by atoms with van der Waals surface area (Å²) < 4.78 is 16.9. The van der Waals surface area contributed by atoms with Crippen LogP contribution in [0.4, 0.5) is 0 Å². The number of carbonyl (C=O) groups is 3. The van der Waals surface area contributed by atoms with Crippen LogP contribution < -0.4 is 0 Å². The lowest BCUT2D eigenvalue weighted by molar-refractivity contribution is -0.167. The Kier molecular flexibility index (Phi) is 56.8. The lowest BCUT2D eigenvalue weighted by Gasteiger charge is -2.18. The molecule has 0 radical (unpaired) electrons. The summed E-state index contributed by atoms with van der Waals surface area (Å²) in [5.74, 6) is -0.950. The fraction of sp³-hybridized carbons (Fsp3) is 0.769. The Hall–Kier alpha value is -3.15. The number of allylic oxidation sites excluding steroid dienone is 12. The van der Waals surface area contributed by atoms with E-state index in [1.54, 1.807) is 0 Å². The molecule has 0 saturated heterocycles. The van der Waals surface area contributed by atoms with Gasteiger partial charge in [-0.05, 0) is 109 Å². The quantitative estimate of drug-likeness (QED) is 0.0261. The number of esters is 3. The van der Waals surface area contributed by atoms with Crippen LogP contribution in [-0.4, -0.2) is 37.2 Å². The van der Waals surface area contributed by atoms with Crippen molar-refractivity contribution in [2.75, 3.05) is 13.2 Å². The number of rotatable bonds is 55. The highest BCUT2D eigenvalue weighted by atomic mass is 16.6. The first-order valence-electron chi connectivity index (χ1n) is 30.4. The Labute approximate surface area is 440 Å². The molecule has 0 aromatic heterocycles. The Morgan fingerprint density at radius 1 is 0.282 bits per heavy atom. The summed E-state index contributed by atoms with van der Waals surface area (Å²) in [7, 11) is 0. The highest BCUT2D eigenvalue weighted by Gasteiger charge is 2.19. The minimum Gasteiger partial charge on any atom is -0.462 e. The maximum Gasteiger partial charge on any atom is 0.306 e. The van der Waals surface area contributed by atoms with Crippen LogP contribution in [0, 0.1) is 0 Å². The van der Waals surface area contributed by atoms with Crippen LogP contribution in [0.3, 0.4) is 0 Å². The molecule has 71 heavy (non-hydrogen) atoms. The number of hydrogen-bond acceptors (Lipinski definition) is 6. The predicted octanol–water partition coefficient (Wildman–Crippen LogP) is 20.5. The average Bonchev–Trinajstić information content (AvgIpc) is 3.37. The van der Waals surface area contributed by atoms with E-state index in [4.69, 9.17) is 14.2 Å². The SMILES string of the molecule is CCCCC/C=C\C/C=C\C/C=C\C/C=C\CCCC(=O)O[C@H](COC(=O)CCCCCCCCC/C=C\CCCCCCCC)COC(=O)CCCCCCCCCCC/C=C\CCCCCCCC. The zero-order valence-corrected chi connectivity index (χ0v) is 47.0. The molecule has 0 fully saturated rings. The van der Waals surface area contributed by atoms with Crippen LogP contribution >= 0.6 is 0 Å². The van der Waals surface area contributed by atoms with E-state index in [2.05, 4.69) is 93.7 Å². The first-order valence-corrected chi connectivity index (χ1v) is 30.4. The number of ether oxygens (including phenoxy) is 3. The van der Waals surface area contributed by atoms with Crippen LogP contribution in [0.1, 0.15) is 303 Å². The molecule has 0 bridgehead atoms. The van der Waals surface area contributed by atoms with Gasteiger partial charge in [0.25, 0.3) is 0 Å². The molecule has 0 N–H and O–H groups in total. The van der Waals surface area contributed by atoms with Crippen molar-refractivity contribution >= 4 is 17.9 Å². The summed E-state index contributed by atoms with van der Waals surface area (Å²) in [5.41, 5.74) is 0. The fourth-order valence-corrected chi connectivity index (χ4v) is 8.54. The Balaban J connectivity index is 4.45. The molecule has 0 unspecified atom stereocenters. The first kappa shape index (κ1) is 67.8. The third kappa shape index (κ3) is 57.6. The average molecular weight is 992 g/mol. The van der Waals surface area contributed by atoms with E-state index in [1.165, 1.54) is 193 Å². The van der Waals surface area contributed by atoms with Gasteiger partial charge < -0.3 is 14.2 Å². The van der Waals surface area contributed by atoms with E-state index in [9.17, 15) is 14.4 Å². The Morgan fingerprint density at radius 3 is 0.873 bits per heavy atom.